The van der Waals surface area contributed by atoms with Crippen LogP contribution in [-0.4, -0.2) is 37.2 Å². The van der Waals surface area contributed by atoms with E-state index in [-0.39, 0.29) is 37.5 Å². The molecule has 0 N–H and O–H groups in total. The summed E-state index contributed by atoms with van der Waals surface area (Å²) in [6.45, 7) is 6.40. The van der Waals surface area contributed by atoms with Crippen LogP contribution in [0.4, 0.5) is 0 Å². The molecule has 0 saturated carbocycles. The van der Waals surface area contributed by atoms with Gasteiger partial charge in [0, 0.05) is 19.3 Å². The van der Waals surface area contributed by atoms with Crippen LogP contribution in [0.1, 0.15) is 213 Å². The van der Waals surface area contributed by atoms with E-state index in [1.165, 1.54) is 77.0 Å². The second-order valence-corrected chi connectivity index (χ2v) is 15.6. The second kappa shape index (κ2) is 47.3. The van der Waals surface area contributed by atoms with Gasteiger partial charge in [0.2, 0.25) is 0 Å². The first-order valence-corrected chi connectivity index (χ1v) is 24.1. The number of ether oxygens (including phenoxy) is 3. The zero-order chi connectivity index (χ0) is 43.0. The van der Waals surface area contributed by atoms with Gasteiger partial charge in [-0.05, 0) is 83.5 Å². The summed E-state index contributed by atoms with van der Waals surface area (Å²) in [7, 11) is 0. The van der Waals surface area contributed by atoms with Crippen LogP contribution in [0, 0.1) is 0 Å². The standard InChI is InChI=1S/C53H88O6/c1-4-7-10-13-16-19-21-23-24-25-26-27-28-30-31-34-37-40-43-46-52(55)58-49-50(48-57-51(54)45-42-39-36-33-18-15-12-9-6-3)59-53(56)47-44-41-38-35-32-29-22-20-17-14-11-8-5-2/h7,10,16,19-20,22-24,26-27,30-31,37,40,50H,4-6,8-9,11-15,17-18,21,25,28-29,32-36,38-39,41-49H2,1-3H3/b10-7-,19-16-,22-20-,24-23-,27-26-,31-30-,40-37-/t50-/m1/s1. The Kier molecular flexibility index (Phi) is 44.5. The average molecular weight is 821 g/mol. The Labute approximate surface area is 363 Å². The van der Waals surface area contributed by atoms with E-state index in [0.717, 1.165) is 89.9 Å². The molecule has 0 aliphatic heterocycles. The van der Waals surface area contributed by atoms with Gasteiger partial charge in [0.1, 0.15) is 13.2 Å². The summed E-state index contributed by atoms with van der Waals surface area (Å²) in [6.07, 6.45) is 60.1. The number of allylic oxidation sites excluding steroid dienone is 14. The van der Waals surface area contributed by atoms with Crippen molar-refractivity contribution in [2.45, 2.75) is 219 Å². The van der Waals surface area contributed by atoms with Gasteiger partial charge in [0.25, 0.3) is 0 Å². The first kappa shape index (κ1) is 55.6. The molecule has 6 heteroatoms. The number of esters is 3. The molecule has 0 aromatic heterocycles. The summed E-state index contributed by atoms with van der Waals surface area (Å²) >= 11 is 0. The lowest BCUT2D eigenvalue weighted by Gasteiger charge is -2.18. The van der Waals surface area contributed by atoms with Crippen LogP contribution in [0.5, 0.6) is 0 Å². The Morgan fingerprint density at radius 2 is 0.695 bits per heavy atom. The Balaban J connectivity index is 4.48. The predicted molar refractivity (Wildman–Crippen MR) is 251 cm³/mol. The first-order valence-electron chi connectivity index (χ1n) is 24.1. The molecule has 1 atom stereocenters. The van der Waals surface area contributed by atoms with E-state index in [9.17, 15) is 14.4 Å². The monoisotopic (exact) mass is 821 g/mol. The predicted octanol–water partition coefficient (Wildman–Crippen LogP) is 15.6. The molecule has 0 aliphatic rings. The van der Waals surface area contributed by atoms with Crippen molar-refractivity contribution in [1.82, 2.24) is 0 Å². The fraction of sp³-hybridized carbons (Fsp3) is 0.679. The van der Waals surface area contributed by atoms with Gasteiger partial charge in [-0.25, -0.2) is 0 Å². The number of hydrogen-bond acceptors (Lipinski definition) is 6. The second-order valence-electron chi connectivity index (χ2n) is 15.6. The molecule has 0 amide bonds. The molecule has 0 unspecified atom stereocenters. The molecule has 0 aromatic carbocycles. The summed E-state index contributed by atoms with van der Waals surface area (Å²) in [5.41, 5.74) is 0. The van der Waals surface area contributed by atoms with E-state index in [1.807, 2.05) is 12.2 Å². The summed E-state index contributed by atoms with van der Waals surface area (Å²) in [5.74, 6) is -1.01. The van der Waals surface area contributed by atoms with Crippen molar-refractivity contribution < 1.29 is 28.6 Å². The number of carbonyl (C=O) groups is 3. The van der Waals surface area contributed by atoms with Gasteiger partial charge in [0.15, 0.2) is 6.10 Å². The lowest BCUT2D eigenvalue weighted by atomic mass is 10.1. The van der Waals surface area contributed by atoms with Crippen molar-refractivity contribution in [3.8, 4) is 0 Å². The van der Waals surface area contributed by atoms with Crippen molar-refractivity contribution in [1.29, 1.82) is 0 Å². The zero-order valence-corrected chi connectivity index (χ0v) is 38.2. The third-order valence-electron chi connectivity index (χ3n) is 9.90. The number of rotatable bonds is 42. The molecule has 0 aliphatic carbocycles. The van der Waals surface area contributed by atoms with Crippen LogP contribution in [0.15, 0.2) is 85.1 Å². The molecule has 0 heterocycles. The van der Waals surface area contributed by atoms with Gasteiger partial charge >= 0.3 is 17.9 Å². The average Bonchev–Trinajstić information content (AvgIpc) is 3.23. The van der Waals surface area contributed by atoms with Crippen molar-refractivity contribution in [2.75, 3.05) is 13.2 Å². The van der Waals surface area contributed by atoms with Crippen LogP contribution in [0.25, 0.3) is 0 Å². The smallest absolute Gasteiger partial charge is 0.306 e. The van der Waals surface area contributed by atoms with Crippen LogP contribution < -0.4 is 0 Å². The fourth-order valence-electron chi connectivity index (χ4n) is 6.28. The third kappa shape index (κ3) is 45.5. The SMILES string of the molecule is CC/C=C\C/C=C\C/C=C\C/C=C\C/C=C\C/C=C\CCC(=O)OC[C@@H](COC(=O)CCCCCCCCCCC)OC(=O)CCCCCCC/C=C\CCCCCC. The summed E-state index contributed by atoms with van der Waals surface area (Å²) in [4.78, 5) is 37.7. The van der Waals surface area contributed by atoms with Gasteiger partial charge < -0.3 is 14.2 Å². The Hall–Kier alpha value is -3.41. The molecule has 0 radical (unpaired) electrons. The Bertz CT molecular complexity index is 1170. The lowest BCUT2D eigenvalue weighted by molar-refractivity contribution is -0.166. The van der Waals surface area contributed by atoms with Gasteiger partial charge in [0.05, 0.1) is 0 Å². The van der Waals surface area contributed by atoms with Crippen LogP contribution in [0.2, 0.25) is 0 Å². The number of carbonyl (C=O) groups excluding carboxylic acids is 3. The molecule has 0 fully saturated rings. The maximum Gasteiger partial charge on any atom is 0.306 e. The lowest BCUT2D eigenvalue weighted by Crippen LogP contribution is -2.30. The molecule has 0 bridgehead atoms. The van der Waals surface area contributed by atoms with Crippen molar-refractivity contribution in [2.24, 2.45) is 0 Å². The van der Waals surface area contributed by atoms with Crippen molar-refractivity contribution in [3.63, 3.8) is 0 Å². The molecule has 6 nitrogen and oxygen atoms in total. The Morgan fingerprint density at radius 3 is 1.15 bits per heavy atom. The molecule has 59 heavy (non-hydrogen) atoms. The van der Waals surface area contributed by atoms with Crippen molar-refractivity contribution >= 4 is 17.9 Å². The normalized spacial score (nSPS) is 12.8. The van der Waals surface area contributed by atoms with E-state index in [0.29, 0.717) is 19.3 Å². The van der Waals surface area contributed by atoms with E-state index >= 15 is 0 Å². The molecule has 0 rings (SSSR count). The van der Waals surface area contributed by atoms with E-state index in [2.05, 4.69) is 93.7 Å². The molecular formula is C53H88O6. The molecule has 0 aromatic rings. The zero-order valence-electron chi connectivity index (χ0n) is 38.2. The minimum Gasteiger partial charge on any atom is -0.462 e. The van der Waals surface area contributed by atoms with Gasteiger partial charge in [-0.1, -0.05) is 196 Å². The highest BCUT2D eigenvalue weighted by Gasteiger charge is 2.19. The first-order chi connectivity index (χ1) is 29.0. The minimum absolute atomic E-state index is 0.103. The molecule has 336 valence electrons. The van der Waals surface area contributed by atoms with E-state index in [1.54, 1.807) is 0 Å². The van der Waals surface area contributed by atoms with Gasteiger partial charge in [-0.2, -0.15) is 0 Å². The van der Waals surface area contributed by atoms with Gasteiger partial charge in [-0.3, -0.25) is 14.4 Å². The maximum atomic E-state index is 12.7. The minimum atomic E-state index is -0.807. The highest BCUT2D eigenvalue weighted by Crippen LogP contribution is 2.13. The Morgan fingerprint density at radius 1 is 0.356 bits per heavy atom. The number of hydrogen-bond donors (Lipinski definition) is 0. The van der Waals surface area contributed by atoms with E-state index in [4.69, 9.17) is 14.2 Å². The van der Waals surface area contributed by atoms with Crippen LogP contribution in [-0.2, 0) is 28.6 Å². The quantitative estimate of drug-likeness (QED) is 0.0264. The molecular weight excluding hydrogens is 733 g/mol. The third-order valence-corrected chi connectivity index (χ3v) is 9.90. The van der Waals surface area contributed by atoms with Crippen LogP contribution in [0.3, 0.4) is 0 Å². The fourth-order valence-corrected chi connectivity index (χ4v) is 6.28. The molecule has 0 saturated heterocycles. The van der Waals surface area contributed by atoms with Crippen molar-refractivity contribution in [3.05, 3.63) is 85.1 Å². The number of unbranched alkanes of at least 4 members (excludes halogenated alkanes) is 17. The summed E-state index contributed by atoms with van der Waals surface area (Å²) in [5, 5.41) is 0. The van der Waals surface area contributed by atoms with Gasteiger partial charge in [-0.15, -0.1) is 0 Å². The highest BCUT2D eigenvalue weighted by molar-refractivity contribution is 5.71. The summed E-state index contributed by atoms with van der Waals surface area (Å²) in [6, 6.07) is 0. The summed E-state index contributed by atoms with van der Waals surface area (Å²) < 4.78 is 16.6. The van der Waals surface area contributed by atoms with Crippen LogP contribution >= 0.6 is 0 Å². The maximum absolute atomic E-state index is 12.7. The largest absolute Gasteiger partial charge is 0.462 e. The highest BCUT2D eigenvalue weighted by atomic mass is 16.6. The van der Waals surface area contributed by atoms with E-state index < -0.39 is 6.10 Å². The molecule has 0 spiro atoms. The topological polar surface area (TPSA) is 78.9 Å².